The Morgan fingerprint density at radius 2 is 2.05 bits per heavy atom. The summed E-state index contributed by atoms with van der Waals surface area (Å²) < 4.78 is 0. The lowest BCUT2D eigenvalue weighted by molar-refractivity contribution is 0.0599. The number of rotatable bonds is 5. The van der Waals surface area contributed by atoms with E-state index in [4.69, 9.17) is 0 Å². The average molecular weight is 281 g/mol. The minimum absolute atomic E-state index is 0.168. The molecule has 4 heteroatoms. The molecule has 1 N–H and O–H groups in total. The molecule has 3 nitrogen and oxygen atoms in total. The first-order chi connectivity index (χ1) is 8.83. The van der Waals surface area contributed by atoms with Gasteiger partial charge in [0.15, 0.2) is 0 Å². The molecule has 1 fully saturated rings. The van der Waals surface area contributed by atoms with E-state index in [2.05, 4.69) is 50.1 Å². The summed E-state index contributed by atoms with van der Waals surface area (Å²) >= 11 is 1.84. The van der Waals surface area contributed by atoms with Gasteiger partial charge in [-0.1, -0.05) is 20.8 Å². The predicted molar refractivity (Wildman–Crippen MR) is 82.8 cm³/mol. The van der Waals surface area contributed by atoms with Gasteiger partial charge in [-0.15, -0.1) is 11.3 Å². The van der Waals surface area contributed by atoms with Crippen LogP contribution in [0.15, 0.2) is 6.20 Å². The van der Waals surface area contributed by atoms with E-state index in [0.29, 0.717) is 5.54 Å². The van der Waals surface area contributed by atoms with E-state index in [1.807, 2.05) is 17.5 Å². The fraction of sp³-hybridized carbons (Fsp3) is 0.800. The van der Waals surface area contributed by atoms with Gasteiger partial charge in [0.2, 0.25) is 0 Å². The number of hydrogen-bond acceptors (Lipinski definition) is 4. The first kappa shape index (κ1) is 14.9. The summed E-state index contributed by atoms with van der Waals surface area (Å²) in [5, 5.41) is 4.85. The fourth-order valence-electron chi connectivity index (χ4n) is 2.52. The van der Waals surface area contributed by atoms with Gasteiger partial charge >= 0.3 is 0 Å². The van der Waals surface area contributed by atoms with Crippen molar-refractivity contribution in [1.82, 2.24) is 15.2 Å². The van der Waals surface area contributed by atoms with Crippen LogP contribution < -0.4 is 5.32 Å². The van der Waals surface area contributed by atoms with E-state index in [1.54, 1.807) is 0 Å². The lowest BCUT2D eigenvalue weighted by atomic mass is 9.75. The van der Waals surface area contributed by atoms with E-state index in [0.717, 1.165) is 13.1 Å². The van der Waals surface area contributed by atoms with Gasteiger partial charge in [0.25, 0.3) is 0 Å². The van der Waals surface area contributed by atoms with Crippen LogP contribution in [-0.4, -0.2) is 36.1 Å². The summed E-state index contributed by atoms with van der Waals surface area (Å²) in [7, 11) is 4.40. The summed E-state index contributed by atoms with van der Waals surface area (Å²) in [5.74, 6) is 0. The molecule has 1 aromatic rings. The molecular weight excluding hydrogens is 254 g/mol. The summed E-state index contributed by atoms with van der Waals surface area (Å²) in [6.07, 6.45) is 6.04. The molecule has 1 aromatic heterocycles. The van der Waals surface area contributed by atoms with Gasteiger partial charge in [-0.3, -0.25) is 0 Å². The van der Waals surface area contributed by atoms with Crippen LogP contribution in [0.1, 0.15) is 49.9 Å². The third-order valence-electron chi connectivity index (χ3n) is 4.18. The van der Waals surface area contributed by atoms with Crippen LogP contribution in [-0.2, 0) is 12.0 Å². The van der Waals surface area contributed by atoms with E-state index >= 15 is 0 Å². The van der Waals surface area contributed by atoms with Crippen molar-refractivity contribution < 1.29 is 0 Å². The number of likely N-dealkylation sites (N-methyl/N-ethyl adjacent to an activating group) is 1. The van der Waals surface area contributed by atoms with Crippen molar-refractivity contribution >= 4 is 11.3 Å². The Balaban J connectivity index is 1.84. The Hall–Kier alpha value is -0.450. The Morgan fingerprint density at radius 3 is 2.47 bits per heavy atom. The second-order valence-electron chi connectivity index (χ2n) is 6.96. The number of aromatic nitrogens is 1. The molecule has 0 radical (unpaired) electrons. The maximum atomic E-state index is 4.54. The minimum atomic E-state index is 0.168. The van der Waals surface area contributed by atoms with Crippen LogP contribution in [0, 0.1) is 0 Å². The normalized spacial score (nSPS) is 18.6. The van der Waals surface area contributed by atoms with Crippen LogP contribution >= 0.6 is 11.3 Å². The summed E-state index contributed by atoms with van der Waals surface area (Å²) in [5.41, 5.74) is 0.569. The van der Waals surface area contributed by atoms with Gasteiger partial charge in [-0.05, 0) is 33.4 Å². The molecule has 0 aromatic carbocycles. The smallest absolute Gasteiger partial charge is 0.0981 e. The number of nitrogens with zero attached hydrogens (tertiary/aromatic N) is 2. The van der Waals surface area contributed by atoms with Crippen LogP contribution in [0.5, 0.6) is 0 Å². The number of thiazole rings is 1. The molecule has 0 spiro atoms. The molecule has 1 aliphatic carbocycles. The molecule has 0 bridgehead atoms. The van der Waals surface area contributed by atoms with E-state index < -0.39 is 0 Å². The first-order valence-electron chi connectivity index (χ1n) is 7.17. The predicted octanol–water partition coefficient (Wildman–Crippen LogP) is 3.01. The van der Waals surface area contributed by atoms with Crippen molar-refractivity contribution in [2.45, 2.75) is 57.5 Å². The molecule has 1 heterocycles. The highest BCUT2D eigenvalue weighted by Crippen LogP contribution is 2.35. The second-order valence-corrected chi connectivity index (χ2v) is 8.07. The van der Waals surface area contributed by atoms with Gasteiger partial charge < -0.3 is 10.2 Å². The molecule has 19 heavy (non-hydrogen) atoms. The maximum absolute atomic E-state index is 4.54. The van der Waals surface area contributed by atoms with Gasteiger partial charge in [0.1, 0.15) is 0 Å². The van der Waals surface area contributed by atoms with Gasteiger partial charge in [0, 0.05) is 35.1 Å². The van der Waals surface area contributed by atoms with Crippen molar-refractivity contribution in [1.29, 1.82) is 0 Å². The van der Waals surface area contributed by atoms with Crippen molar-refractivity contribution in [3.05, 3.63) is 16.1 Å². The third-order valence-corrected chi connectivity index (χ3v) is 5.60. The molecule has 108 valence electrons. The molecule has 0 amide bonds. The number of nitrogens with one attached hydrogen (secondary N) is 1. The van der Waals surface area contributed by atoms with E-state index in [-0.39, 0.29) is 5.41 Å². The Kier molecular flexibility index (Phi) is 4.33. The number of hydrogen-bond donors (Lipinski definition) is 1. The SMILES string of the molecule is CN(C)C1(CNCc2cnc(C(C)(C)C)s2)CCC1. The standard InChI is InChI=1S/C15H27N3S/c1-14(2,3)13-17-10-12(19-13)9-16-11-15(18(4)5)7-6-8-15/h10,16H,6-9,11H2,1-5H3. The Labute approximate surface area is 121 Å². The van der Waals surface area contributed by atoms with Crippen molar-refractivity contribution in [2.24, 2.45) is 0 Å². The molecule has 0 atom stereocenters. The minimum Gasteiger partial charge on any atom is -0.310 e. The van der Waals surface area contributed by atoms with Gasteiger partial charge in [-0.25, -0.2) is 4.98 Å². The van der Waals surface area contributed by atoms with Gasteiger partial charge in [0.05, 0.1) is 5.01 Å². The summed E-state index contributed by atoms with van der Waals surface area (Å²) in [6, 6.07) is 0. The lowest BCUT2D eigenvalue weighted by Gasteiger charge is -2.47. The molecule has 0 saturated heterocycles. The monoisotopic (exact) mass is 281 g/mol. The Bertz CT molecular complexity index is 413. The topological polar surface area (TPSA) is 28.2 Å². The lowest BCUT2D eigenvalue weighted by Crippen LogP contribution is -2.56. The zero-order valence-corrected chi connectivity index (χ0v) is 13.7. The van der Waals surface area contributed by atoms with Crippen molar-refractivity contribution in [2.75, 3.05) is 20.6 Å². The molecular formula is C15H27N3S. The summed E-state index contributed by atoms with van der Waals surface area (Å²) in [6.45, 7) is 8.70. The first-order valence-corrected chi connectivity index (χ1v) is 7.98. The zero-order valence-electron chi connectivity index (χ0n) is 12.9. The highest BCUT2D eigenvalue weighted by molar-refractivity contribution is 7.11. The van der Waals surface area contributed by atoms with Crippen molar-refractivity contribution in [3.63, 3.8) is 0 Å². The van der Waals surface area contributed by atoms with Crippen LogP contribution in [0.3, 0.4) is 0 Å². The third kappa shape index (κ3) is 3.36. The highest BCUT2D eigenvalue weighted by atomic mass is 32.1. The maximum Gasteiger partial charge on any atom is 0.0981 e. The Morgan fingerprint density at radius 1 is 1.37 bits per heavy atom. The second kappa shape index (κ2) is 5.51. The van der Waals surface area contributed by atoms with Crippen LogP contribution in [0.25, 0.3) is 0 Å². The molecule has 2 rings (SSSR count). The van der Waals surface area contributed by atoms with Crippen molar-refractivity contribution in [3.8, 4) is 0 Å². The highest BCUT2D eigenvalue weighted by Gasteiger charge is 2.38. The largest absolute Gasteiger partial charge is 0.310 e. The van der Waals surface area contributed by atoms with E-state index in [9.17, 15) is 0 Å². The zero-order chi connectivity index (χ0) is 14.1. The average Bonchev–Trinajstić information content (AvgIpc) is 2.69. The van der Waals surface area contributed by atoms with Crippen LogP contribution in [0.4, 0.5) is 0 Å². The summed E-state index contributed by atoms with van der Waals surface area (Å²) in [4.78, 5) is 8.27. The molecule has 0 unspecified atom stereocenters. The molecule has 0 aliphatic heterocycles. The van der Waals surface area contributed by atoms with Gasteiger partial charge in [-0.2, -0.15) is 0 Å². The van der Waals surface area contributed by atoms with Crippen LogP contribution in [0.2, 0.25) is 0 Å². The quantitative estimate of drug-likeness (QED) is 0.899. The fourth-order valence-corrected chi connectivity index (χ4v) is 3.46. The van der Waals surface area contributed by atoms with E-state index in [1.165, 1.54) is 29.1 Å². The molecule has 1 aliphatic rings. The molecule has 1 saturated carbocycles.